The number of hydrogen-bond acceptors (Lipinski definition) is 2. The van der Waals surface area contributed by atoms with Crippen LogP contribution in [0, 0.1) is 6.92 Å². The van der Waals surface area contributed by atoms with Crippen molar-refractivity contribution in [1.82, 2.24) is 4.98 Å². The van der Waals surface area contributed by atoms with Crippen LogP contribution < -0.4 is 5.73 Å². The van der Waals surface area contributed by atoms with Crippen LogP contribution in [0.5, 0.6) is 0 Å². The molecule has 0 spiro atoms. The molecule has 2 nitrogen and oxygen atoms in total. The Labute approximate surface area is 89.1 Å². The van der Waals surface area contributed by atoms with Gasteiger partial charge in [-0.1, -0.05) is 12.1 Å². The Hall–Kier alpha value is -1.41. The van der Waals surface area contributed by atoms with E-state index in [4.69, 9.17) is 5.73 Å². The Morgan fingerprint density at radius 1 is 1.27 bits per heavy atom. The van der Waals surface area contributed by atoms with Crippen LogP contribution in [-0.4, -0.2) is 4.98 Å². The summed E-state index contributed by atoms with van der Waals surface area (Å²) < 4.78 is 0. The second kappa shape index (κ2) is 2.80. The molecule has 0 saturated heterocycles. The molecular weight excluding hydrogens is 184 g/mol. The van der Waals surface area contributed by atoms with Gasteiger partial charge in [-0.3, -0.25) is 4.98 Å². The fourth-order valence-electron chi connectivity index (χ4n) is 2.06. The lowest BCUT2D eigenvalue weighted by molar-refractivity contribution is 0.741. The molecule has 15 heavy (non-hydrogen) atoms. The molecule has 1 aromatic heterocycles. The summed E-state index contributed by atoms with van der Waals surface area (Å²) >= 11 is 0. The topological polar surface area (TPSA) is 38.9 Å². The SMILES string of the molecule is Cc1cncc2cc(C3(N)CC3)ccc12. The Morgan fingerprint density at radius 3 is 2.80 bits per heavy atom. The summed E-state index contributed by atoms with van der Waals surface area (Å²) in [5.74, 6) is 0. The van der Waals surface area contributed by atoms with E-state index in [0.29, 0.717) is 0 Å². The summed E-state index contributed by atoms with van der Waals surface area (Å²) in [6.45, 7) is 2.09. The zero-order valence-corrected chi connectivity index (χ0v) is 8.83. The smallest absolute Gasteiger partial charge is 0.0411 e. The van der Waals surface area contributed by atoms with Gasteiger partial charge in [0, 0.05) is 23.3 Å². The van der Waals surface area contributed by atoms with Crippen molar-refractivity contribution in [2.75, 3.05) is 0 Å². The second-order valence-corrected chi connectivity index (χ2v) is 4.55. The Kier molecular flexibility index (Phi) is 1.65. The third-order valence-corrected chi connectivity index (χ3v) is 3.32. The van der Waals surface area contributed by atoms with Gasteiger partial charge in [0.1, 0.15) is 0 Å². The third-order valence-electron chi connectivity index (χ3n) is 3.32. The van der Waals surface area contributed by atoms with Crippen molar-refractivity contribution in [3.05, 3.63) is 41.7 Å². The molecule has 3 rings (SSSR count). The van der Waals surface area contributed by atoms with Crippen LogP contribution >= 0.6 is 0 Å². The molecule has 0 radical (unpaired) electrons. The van der Waals surface area contributed by atoms with E-state index in [9.17, 15) is 0 Å². The molecule has 0 aliphatic heterocycles. The number of pyridine rings is 1. The molecule has 1 saturated carbocycles. The van der Waals surface area contributed by atoms with E-state index in [-0.39, 0.29) is 5.54 Å². The van der Waals surface area contributed by atoms with Gasteiger partial charge in [-0.15, -0.1) is 0 Å². The highest BCUT2D eigenvalue weighted by atomic mass is 14.8. The highest BCUT2D eigenvalue weighted by Crippen LogP contribution is 2.43. The standard InChI is InChI=1S/C13H14N2/c1-9-7-15-8-10-6-11(2-3-12(9)10)13(14)4-5-13/h2-3,6-8H,4-5,14H2,1H3. The maximum atomic E-state index is 6.18. The van der Waals surface area contributed by atoms with E-state index in [2.05, 4.69) is 30.1 Å². The van der Waals surface area contributed by atoms with Crippen LogP contribution in [0.25, 0.3) is 10.8 Å². The van der Waals surface area contributed by atoms with Crippen molar-refractivity contribution in [2.45, 2.75) is 25.3 Å². The summed E-state index contributed by atoms with van der Waals surface area (Å²) in [4.78, 5) is 4.22. The molecule has 76 valence electrons. The maximum absolute atomic E-state index is 6.18. The first kappa shape index (κ1) is 8.86. The van der Waals surface area contributed by atoms with Gasteiger partial charge in [-0.05, 0) is 42.3 Å². The summed E-state index contributed by atoms with van der Waals surface area (Å²) in [6, 6.07) is 6.50. The first-order chi connectivity index (χ1) is 7.19. The van der Waals surface area contributed by atoms with E-state index < -0.39 is 0 Å². The van der Waals surface area contributed by atoms with Crippen molar-refractivity contribution in [1.29, 1.82) is 0 Å². The van der Waals surface area contributed by atoms with Gasteiger partial charge in [0.15, 0.2) is 0 Å². The van der Waals surface area contributed by atoms with Gasteiger partial charge in [0.2, 0.25) is 0 Å². The highest BCUT2D eigenvalue weighted by molar-refractivity contribution is 5.85. The number of hydrogen-bond donors (Lipinski definition) is 1. The zero-order chi connectivity index (χ0) is 10.5. The van der Waals surface area contributed by atoms with Gasteiger partial charge in [-0.2, -0.15) is 0 Å². The highest BCUT2D eigenvalue weighted by Gasteiger charge is 2.39. The minimum atomic E-state index is -0.0437. The quantitative estimate of drug-likeness (QED) is 0.764. The van der Waals surface area contributed by atoms with E-state index in [1.165, 1.54) is 21.9 Å². The van der Waals surface area contributed by atoms with Crippen molar-refractivity contribution in [2.24, 2.45) is 5.73 Å². The normalized spacial score (nSPS) is 18.0. The van der Waals surface area contributed by atoms with Gasteiger partial charge in [0.25, 0.3) is 0 Å². The minimum Gasteiger partial charge on any atom is -0.321 e. The lowest BCUT2D eigenvalue weighted by atomic mass is 10.0. The average Bonchev–Trinajstić information content (AvgIpc) is 2.98. The predicted molar refractivity (Wildman–Crippen MR) is 61.6 cm³/mol. The molecule has 1 fully saturated rings. The number of nitrogens with two attached hydrogens (primary N) is 1. The van der Waals surface area contributed by atoms with E-state index in [0.717, 1.165) is 12.8 Å². The number of aromatic nitrogens is 1. The van der Waals surface area contributed by atoms with E-state index >= 15 is 0 Å². The van der Waals surface area contributed by atoms with Crippen molar-refractivity contribution >= 4 is 10.8 Å². The molecule has 0 bridgehead atoms. The molecule has 2 N–H and O–H groups in total. The molecule has 0 unspecified atom stereocenters. The summed E-state index contributed by atoms with van der Waals surface area (Å²) in [5, 5.41) is 2.47. The van der Waals surface area contributed by atoms with Crippen LogP contribution in [0.4, 0.5) is 0 Å². The molecule has 1 aliphatic rings. The molecule has 0 amide bonds. The number of fused-ring (bicyclic) bond motifs is 1. The van der Waals surface area contributed by atoms with Crippen LogP contribution in [0.3, 0.4) is 0 Å². The first-order valence-corrected chi connectivity index (χ1v) is 5.33. The summed E-state index contributed by atoms with van der Waals surface area (Å²) in [5.41, 5.74) is 8.61. The summed E-state index contributed by atoms with van der Waals surface area (Å²) in [6.07, 6.45) is 6.03. The van der Waals surface area contributed by atoms with Gasteiger partial charge < -0.3 is 5.73 Å². The predicted octanol–water partition coefficient (Wildman–Crippen LogP) is 2.49. The van der Waals surface area contributed by atoms with Gasteiger partial charge >= 0.3 is 0 Å². The molecule has 1 aromatic carbocycles. The molecule has 2 aromatic rings. The molecule has 2 heteroatoms. The number of nitrogens with zero attached hydrogens (tertiary/aromatic N) is 1. The summed E-state index contributed by atoms with van der Waals surface area (Å²) in [7, 11) is 0. The van der Waals surface area contributed by atoms with Crippen LogP contribution in [0.1, 0.15) is 24.0 Å². The molecule has 1 aliphatic carbocycles. The van der Waals surface area contributed by atoms with Crippen LogP contribution in [0.15, 0.2) is 30.6 Å². The van der Waals surface area contributed by atoms with Crippen molar-refractivity contribution in [3.8, 4) is 0 Å². The Morgan fingerprint density at radius 2 is 2.07 bits per heavy atom. The maximum Gasteiger partial charge on any atom is 0.0411 e. The monoisotopic (exact) mass is 198 g/mol. The lowest BCUT2D eigenvalue weighted by Crippen LogP contribution is -2.18. The number of benzene rings is 1. The van der Waals surface area contributed by atoms with E-state index in [1.807, 2.05) is 12.4 Å². The molecular formula is C13H14N2. The largest absolute Gasteiger partial charge is 0.321 e. The second-order valence-electron chi connectivity index (χ2n) is 4.55. The van der Waals surface area contributed by atoms with Gasteiger partial charge in [-0.25, -0.2) is 0 Å². The number of rotatable bonds is 1. The first-order valence-electron chi connectivity index (χ1n) is 5.33. The average molecular weight is 198 g/mol. The van der Waals surface area contributed by atoms with Crippen LogP contribution in [0.2, 0.25) is 0 Å². The van der Waals surface area contributed by atoms with Gasteiger partial charge in [0.05, 0.1) is 0 Å². The zero-order valence-electron chi connectivity index (χ0n) is 8.83. The van der Waals surface area contributed by atoms with E-state index in [1.54, 1.807) is 0 Å². The molecule has 0 atom stereocenters. The van der Waals surface area contributed by atoms with Crippen LogP contribution in [-0.2, 0) is 5.54 Å². The third kappa shape index (κ3) is 1.33. The fraction of sp³-hybridized carbons (Fsp3) is 0.308. The minimum absolute atomic E-state index is 0.0437. The molecule has 1 heterocycles. The lowest BCUT2D eigenvalue weighted by Gasteiger charge is -2.10. The Balaban J connectivity index is 2.23. The number of aryl methyl sites for hydroxylation is 1. The Bertz CT molecular complexity index is 527. The fourth-order valence-corrected chi connectivity index (χ4v) is 2.06. The van der Waals surface area contributed by atoms with Crippen molar-refractivity contribution < 1.29 is 0 Å². The van der Waals surface area contributed by atoms with Crippen molar-refractivity contribution in [3.63, 3.8) is 0 Å².